The topological polar surface area (TPSA) is 131 Å². The van der Waals surface area contributed by atoms with E-state index in [2.05, 4.69) is 10.6 Å². The van der Waals surface area contributed by atoms with Crippen molar-refractivity contribution in [1.29, 1.82) is 0 Å². The SMILES string of the molecule is Cc1ccc(N)cc1NC(=O)[C@@H](CC(=O)O)NC(=O)OC(C)(C)C. The highest BCUT2D eigenvalue weighted by atomic mass is 16.6. The van der Waals surface area contributed by atoms with E-state index in [0.717, 1.165) is 5.56 Å². The van der Waals surface area contributed by atoms with Gasteiger partial charge < -0.3 is 26.2 Å². The summed E-state index contributed by atoms with van der Waals surface area (Å²) in [6.07, 6.45) is -1.44. The molecule has 8 heteroatoms. The van der Waals surface area contributed by atoms with Crippen LogP contribution in [0.25, 0.3) is 0 Å². The fourth-order valence-electron chi connectivity index (χ4n) is 1.83. The summed E-state index contributed by atoms with van der Waals surface area (Å²) in [7, 11) is 0. The molecule has 0 saturated carbocycles. The number of anilines is 2. The summed E-state index contributed by atoms with van der Waals surface area (Å²) in [6, 6.07) is 3.67. The van der Waals surface area contributed by atoms with E-state index in [-0.39, 0.29) is 0 Å². The van der Waals surface area contributed by atoms with Crippen LogP contribution in [0.2, 0.25) is 0 Å². The van der Waals surface area contributed by atoms with E-state index in [1.54, 1.807) is 45.9 Å². The summed E-state index contributed by atoms with van der Waals surface area (Å²) in [4.78, 5) is 35.1. The van der Waals surface area contributed by atoms with Crippen LogP contribution in [0.3, 0.4) is 0 Å². The minimum atomic E-state index is -1.28. The molecule has 2 amide bonds. The molecule has 0 radical (unpaired) electrons. The molecule has 0 aliphatic heterocycles. The normalized spacial score (nSPS) is 12.2. The molecule has 1 rings (SSSR count). The number of ether oxygens (including phenoxy) is 1. The Hall–Kier alpha value is -2.77. The molecule has 8 nitrogen and oxygen atoms in total. The molecule has 1 aromatic carbocycles. The lowest BCUT2D eigenvalue weighted by atomic mass is 10.1. The first-order chi connectivity index (χ1) is 11.0. The Kier molecular flexibility index (Phi) is 6.16. The fourth-order valence-corrected chi connectivity index (χ4v) is 1.83. The van der Waals surface area contributed by atoms with Crippen LogP contribution in [0, 0.1) is 6.92 Å². The molecule has 24 heavy (non-hydrogen) atoms. The van der Waals surface area contributed by atoms with Crippen LogP contribution in [-0.2, 0) is 14.3 Å². The van der Waals surface area contributed by atoms with Gasteiger partial charge in [-0.25, -0.2) is 4.79 Å². The van der Waals surface area contributed by atoms with Crippen LogP contribution in [-0.4, -0.2) is 34.7 Å². The molecule has 0 aliphatic rings. The number of hydrogen-bond acceptors (Lipinski definition) is 5. The Labute approximate surface area is 140 Å². The largest absolute Gasteiger partial charge is 0.481 e. The van der Waals surface area contributed by atoms with Crippen molar-refractivity contribution in [2.24, 2.45) is 0 Å². The summed E-state index contributed by atoms with van der Waals surface area (Å²) in [5, 5.41) is 13.8. The smallest absolute Gasteiger partial charge is 0.408 e. The highest BCUT2D eigenvalue weighted by molar-refractivity contribution is 5.99. The Balaban J connectivity index is 2.87. The maximum Gasteiger partial charge on any atom is 0.408 e. The van der Waals surface area contributed by atoms with Gasteiger partial charge in [-0.05, 0) is 45.4 Å². The second kappa shape index (κ2) is 7.67. The van der Waals surface area contributed by atoms with E-state index in [4.69, 9.17) is 15.6 Å². The average molecular weight is 337 g/mol. The fraction of sp³-hybridized carbons (Fsp3) is 0.438. The van der Waals surface area contributed by atoms with Gasteiger partial charge in [0.1, 0.15) is 11.6 Å². The molecule has 0 fully saturated rings. The lowest BCUT2D eigenvalue weighted by molar-refractivity contribution is -0.139. The van der Waals surface area contributed by atoms with Gasteiger partial charge in [-0.2, -0.15) is 0 Å². The number of carbonyl (C=O) groups excluding carboxylic acids is 2. The number of benzene rings is 1. The Bertz CT molecular complexity index is 637. The number of carboxylic acid groups (broad SMARTS) is 1. The van der Waals surface area contributed by atoms with Gasteiger partial charge in [-0.3, -0.25) is 9.59 Å². The zero-order valence-corrected chi connectivity index (χ0v) is 14.2. The van der Waals surface area contributed by atoms with Crippen molar-refractivity contribution in [3.63, 3.8) is 0 Å². The standard InChI is InChI=1S/C16H23N3O5/c1-9-5-6-10(17)7-11(9)18-14(22)12(8-13(20)21)19-15(23)24-16(2,3)4/h5-7,12H,8,17H2,1-4H3,(H,18,22)(H,19,23)(H,20,21)/t12-/m1/s1. The molecular weight excluding hydrogens is 314 g/mol. The zero-order valence-electron chi connectivity index (χ0n) is 14.2. The molecule has 1 aromatic rings. The second-order valence-electron chi connectivity index (χ2n) is 6.36. The number of aryl methyl sites for hydroxylation is 1. The number of nitrogens with two attached hydrogens (primary N) is 1. The molecule has 0 aliphatic carbocycles. The highest BCUT2D eigenvalue weighted by Crippen LogP contribution is 2.18. The summed E-state index contributed by atoms with van der Waals surface area (Å²) >= 11 is 0. The number of hydrogen-bond donors (Lipinski definition) is 4. The number of amides is 2. The molecule has 5 N–H and O–H groups in total. The van der Waals surface area contributed by atoms with Crippen molar-refractivity contribution in [3.8, 4) is 0 Å². The maximum atomic E-state index is 12.3. The maximum absolute atomic E-state index is 12.3. The predicted molar refractivity (Wildman–Crippen MR) is 89.6 cm³/mol. The van der Waals surface area contributed by atoms with Gasteiger partial charge in [-0.15, -0.1) is 0 Å². The first-order valence-corrected chi connectivity index (χ1v) is 7.36. The number of aliphatic carboxylic acids is 1. The monoisotopic (exact) mass is 337 g/mol. The first-order valence-electron chi connectivity index (χ1n) is 7.36. The minimum absolute atomic E-state index is 0.446. The van der Waals surface area contributed by atoms with Gasteiger partial charge in [-0.1, -0.05) is 6.07 Å². The van der Waals surface area contributed by atoms with E-state index in [1.165, 1.54) is 0 Å². The molecule has 132 valence electrons. The third-order valence-corrected chi connectivity index (χ3v) is 2.91. The van der Waals surface area contributed by atoms with Crippen LogP contribution in [0.5, 0.6) is 0 Å². The van der Waals surface area contributed by atoms with Crippen molar-refractivity contribution in [3.05, 3.63) is 23.8 Å². The van der Waals surface area contributed by atoms with Crippen molar-refractivity contribution in [2.75, 3.05) is 11.1 Å². The zero-order chi connectivity index (χ0) is 18.5. The van der Waals surface area contributed by atoms with E-state index in [9.17, 15) is 14.4 Å². The van der Waals surface area contributed by atoms with E-state index < -0.39 is 36.0 Å². The Morgan fingerprint density at radius 3 is 2.46 bits per heavy atom. The van der Waals surface area contributed by atoms with Crippen molar-refractivity contribution < 1.29 is 24.2 Å². The average Bonchev–Trinajstić information content (AvgIpc) is 2.39. The quantitative estimate of drug-likeness (QED) is 0.607. The van der Waals surface area contributed by atoms with E-state index >= 15 is 0 Å². The Morgan fingerprint density at radius 2 is 1.92 bits per heavy atom. The summed E-state index contributed by atoms with van der Waals surface area (Å²) in [6.45, 7) is 6.75. The molecular formula is C16H23N3O5. The summed E-state index contributed by atoms with van der Waals surface area (Å²) in [5.41, 5.74) is 6.56. The number of nitrogens with one attached hydrogen (secondary N) is 2. The van der Waals surface area contributed by atoms with Crippen LogP contribution in [0.15, 0.2) is 18.2 Å². The van der Waals surface area contributed by atoms with Gasteiger partial charge in [0.05, 0.1) is 6.42 Å². The number of alkyl carbamates (subject to hydrolysis) is 1. The second-order valence-corrected chi connectivity index (χ2v) is 6.36. The van der Waals surface area contributed by atoms with Crippen LogP contribution >= 0.6 is 0 Å². The van der Waals surface area contributed by atoms with Crippen LogP contribution in [0.4, 0.5) is 16.2 Å². The number of carbonyl (C=O) groups is 3. The molecule has 0 unspecified atom stereocenters. The molecule has 0 heterocycles. The van der Waals surface area contributed by atoms with E-state index in [1.807, 2.05) is 0 Å². The van der Waals surface area contributed by atoms with Crippen molar-refractivity contribution in [1.82, 2.24) is 5.32 Å². The highest BCUT2D eigenvalue weighted by Gasteiger charge is 2.26. The van der Waals surface area contributed by atoms with Crippen LogP contribution in [0.1, 0.15) is 32.8 Å². The first kappa shape index (κ1) is 19.3. The molecule has 0 spiro atoms. The lowest BCUT2D eigenvalue weighted by Gasteiger charge is -2.23. The van der Waals surface area contributed by atoms with Crippen molar-refractivity contribution in [2.45, 2.75) is 45.8 Å². The van der Waals surface area contributed by atoms with Gasteiger partial charge in [0.15, 0.2) is 0 Å². The summed E-state index contributed by atoms with van der Waals surface area (Å²) < 4.78 is 5.05. The molecule has 0 saturated heterocycles. The number of rotatable bonds is 5. The number of nitrogen functional groups attached to an aromatic ring is 1. The van der Waals surface area contributed by atoms with Crippen molar-refractivity contribution >= 4 is 29.3 Å². The third-order valence-electron chi connectivity index (χ3n) is 2.91. The van der Waals surface area contributed by atoms with Gasteiger partial charge in [0, 0.05) is 11.4 Å². The minimum Gasteiger partial charge on any atom is -0.481 e. The molecule has 1 atom stereocenters. The predicted octanol–water partition coefficient (Wildman–Crippen LogP) is 1.88. The van der Waals surface area contributed by atoms with E-state index in [0.29, 0.717) is 11.4 Å². The van der Waals surface area contributed by atoms with Gasteiger partial charge >= 0.3 is 12.1 Å². The molecule has 0 bridgehead atoms. The van der Waals surface area contributed by atoms with Gasteiger partial charge in [0.25, 0.3) is 0 Å². The lowest BCUT2D eigenvalue weighted by Crippen LogP contribution is -2.46. The van der Waals surface area contributed by atoms with Crippen LogP contribution < -0.4 is 16.4 Å². The third kappa shape index (κ3) is 6.55. The number of carboxylic acids is 1. The Morgan fingerprint density at radius 1 is 1.29 bits per heavy atom. The summed E-state index contributed by atoms with van der Waals surface area (Å²) in [5.74, 6) is -1.90. The molecule has 0 aromatic heterocycles. The van der Waals surface area contributed by atoms with Gasteiger partial charge in [0.2, 0.25) is 5.91 Å².